The SMILES string of the molecule is CC1(C)CC(=O)CC2(C1)NCC(c1ccccc1)c1c2[nH]c2ccccc12.[Cl-]. The van der Waals surface area contributed by atoms with Gasteiger partial charge in [0.1, 0.15) is 5.78 Å². The van der Waals surface area contributed by atoms with Crippen LogP contribution in [0.4, 0.5) is 0 Å². The molecule has 2 atom stereocenters. The summed E-state index contributed by atoms with van der Waals surface area (Å²) in [5.74, 6) is 0.657. The van der Waals surface area contributed by atoms with E-state index in [9.17, 15) is 4.79 Å². The molecule has 1 spiro atoms. The molecular formula is C24H26ClN2O-. The van der Waals surface area contributed by atoms with Gasteiger partial charge in [-0.3, -0.25) is 4.79 Å². The van der Waals surface area contributed by atoms with Crippen LogP contribution < -0.4 is 17.7 Å². The van der Waals surface area contributed by atoms with E-state index in [0.717, 1.165) is 13.0 Å². The first-order valence-electron chi connectivity index (χ1n) is 9.90. The lowest BCUT2D eigenvalue weighted by Crippen LogP contribution is -3.00. The fraction of sp³-hybridized carbons (Fsp3) is 0.375. The van der Waals surface area contributed by atoms with Crippen LogP contribution >= 0.6 is 0 Å². The highest BCUT2D eigenvalue weighted by molar-refractivity contribution is 5.88. The van der Waals surface area contributed by atoms with Crippen molar-refractivity contribution in [3.8, 4) is 0 Å². The number of aromatic nitrogens is 1. The molecule has 2 aliphatic rings. The molecule has 2 unspecified atom stereocenters. The molecule has 0 amide bonds. The second-order valence-electron chi connectivity index (χ2n) is 9.12. The number of carbonyl (C=O) groups is 1. The monoisotopic (exact) mass is 393 g/mol. The number of fused-ring (bicyclic) bond motifs is 4. The first kappa shape index (κ1) is 19.2. The number of H-pyrrole nitrogens is 1. The topological polar surface area (TPSA) is 44.9 Å². The Labute approximate surface area is 172 Å². The highest BCUT2D eigenvalue weighted by atomic mass is 35.5. The third-order valence-electron chi connectivity index (χ3n) is 6.37. The van der Waals surface area contributed by atoms with E-state index in [1.807, 2.05) is 0 Å². The van der Waals surface area contributed by atoms with Crippen molar-refractivity contribution in [1.29, 1.82) is 0 Å². The van der Waals surface area contributed by atoms with Crippen molar-refractivity contribution < 1.29 is 17.2 Å². The number of Topliss-reactive ketones (excluding diaryl/α,β-unsaturated/α-hetero) is 1. The maximum absolute atomic E-state index is 12.7. The first-order chi connectivity index (χ1) is 13.0. The zero-order chi connectivity index (χ0) is 18.6. The highest BCUT2D eigenvalue weighted by Gasteiger charge is 2.49. The molecule has 0 radical (unpaired) electrons. The highest BCUT2D eigenvalue weighted by Crippen LogP contribution is 2.50. The number of hydrogen-bond donors (Lipinski definition) is 2. The zero-order valence-electron chi connectivity index (χ0n) is 16.4. The summed E-state index contributed by atoms with van der Waals surface area (Å²) in [4.78, 5) is 16.4. The Balaban J connectivity index is 0.00000192. The normalized spacial score (nSPS) is 26.1. The van der Waals surface area contributed by atoms with Gasteiger partial charge in [-0.05, 0) is 29.0 Å². The zero-order valence-corrected chi connectivity index (χ0v) is 17.1. The van der Waals surface area contributed by atoms with E-state index in [2.05, 4.69) is 78.7 Å². The van der Waals surface area contributed by atoms with E-state index in [4.69, 9.17) is 0 Å². The fourth-order valence-electron chi connectivity index (χ4n) is 5.54. The summed E-state index contributed by atoms with van der Waals surface area (Å²) < 4.78 is 0. The van der Waals surface area contributed by atoms with E-state index in [1.54, 1.807) is 0 Å². The van der Waals surface area contributed by atoms with Crippen molar-refractivity contribution in [3.63, 3.8) is 0 Å². The number of benzene rings is 2. The van der Waals surface area contributed by atoms with Crippen LogP contribution in [-0.2, 0) is 10.3 Å². The molecule has 4 heteroatoms. The summed E-state index contributed by atoms with van der Waals surface area (Å²) in [5.41, 5.74) is 4.83. The van der Waals surface area contributed by atoms with Crippen molar-refractivity contribution in [1.82, 2.24) is 10.3 Å². The molecule has 28 heavy (non-hydrogen) atoms. The summed E-state index contributed by atoms with van der Waals surface area (Å²) in [7, 11) is 0. The van der Waals surface area contributed by atoms with Gasteiger partial charge in [0.15, 0.2) is 0 Å². The van der Waals surface area contributed by atoms with Crippen molar-refractivity contribution >= 4 is 16.7 Å². The van der Waals surface area contributed by atoms with E-state index in [1.165, 1.54) is 27.7 Å². The second kappa shape index (κ2) is 6.75. The van der Waals surface area contributed by atoms with E-state index >= 15 is 0 Å². The van der Waals surface area contributed by atoms with Crippen LogP contribution in [0.2, 0.25) is 0 Å². The van der Waals surface area contributed by atoms with Gasteiger partial charge in [-0.1, -0.05) is 62.4 Å². The number of rotatable bonds is 1. The predicted octanol–water partition coefficient (Wildman–Crippen LogP) is 1.88. The van der Waals surface area contributed by atoms with Gasteiger partial charge in [-0.2, -0.15) is 0 Å². The maximum atomic E-state index is 12.7. The van der Waals surface area contributed by atoms with Crippen LogP contribution in [0.1, 0.15) is 55.8 Å². The molecule has 146 valence electrons. The summed E-state index contributed by atoms with van der Waals surface area (Å²) in [6.45, 7) is 5.31. The number of ketones is 1. The Morgan fingerprint density at radius 3 is 2.43 bits per heavy atom. The van der Waals surface area contributed by atoms with Crippen LogP contribution in [0.3, 0.4) is 0 Å². The van der Waals surface area contributed by atoms with E-state index < -0.39 is 0 Å². The molecule has 2 heterocycles. The molecule has 5 rings (SSSR count). The minimum absolute atomic E-state index is 0. The van der Waals surface area contributed by atoms with E-state index in [0.29, 0.717) is 24.5 Å². The van der Waals surface area contributed by atoms with Gasteiger partial charge < -0.3 is 22.7 Å². The quantitative estimate of drug-likeness (QED) is 0.663. The van der Waals surface area contributed by atoms with Gasteiger partial charge >= 0.3 is 0 Å². The fourth-order valence-corrected chi connectivity index (χ4v) is 5.54. The van der Waals surface area contributed by atoms with Crippen LogP contribution in [0, 0.1) is 5.41 Å². The molecule has 1 aliphatic carbocycles. The van der Waals surface area contributed by atoms with Crippen molar-refractivity contribution in [2.75, 3.05) is 6.54 Å². The maximum Gasteiger partial charge on any atom is 0.135 e. The van der Waals surface area contributed by atoms with E-state index in [-0.39, 0.29) is 23.4 Å². The predicted molar refractivity (Wildman–Crippen MR) is 109 cm³/mol. The molecule has 2 aromatic carbocycles. The largest absolute Gasteiger partial charge is 1.00 e. The smallest absolute Gasteiger partial charge is 0.135 e. The van der Waals surface area contributed by atoms with Crippen LogP contribution in [-0.4, -0.2) is 17.3 Å². The second-order valence-corrected chi connectivity index (χ2v) is 9.12. The van der Waals surface area contributed by atoms with Gasteiger partial charge in [-0.15, -0.1) is 0 Å². The Hall–Kier alpha value is -2.10. The van der Waals surface area contributed by atoms with Gasteiger partial charge in [0, 0.05) is 41.9 Å². The molecule has 2 N–H and O–H groups in total. The average Bonchev–Trinajstić information content (AvgIpc) is 3.02. The molecule has 3 aromatic rings. The lowest BCUT2D eigenvalue weighted by Gasteiger charge is -2.48. The molecule has 0 bridgehead atoms. The number of nitrogens with one attached hydrogen (secondary N) is 2. The van der Waals surface area contributed by atoms with Crippen LogP contribution in [0.15, 0.2) is 54.6 Å². The molecule has 0 saturated heterocycles. The molecule has 3 nitrogen and oxygen atoms in total. The van der Waals surface area contributed by atoms with Gasteiger partial charge in [0.05, 0.1) is 5.54 Å². The Morgan fingerprint density at radius 1 is 0.964 bits per heavy atom. The summed E-state index contributed by atoms with van der Waals surface area (Å²) in [6, 6.07) is 19.3. The van der Waals surface area contributed by atoms with Crippen molar-refractivity contribution in [2.45, 2.75) is 44.6 Å². The molecule has 1 saturated carbocycles. The molecular weight excluding hydrogens is 368 g/mol. The Bertz CT molecular complexity index is 1020. The third kappa shape index (κ3) is 2.98. The van der Waals surface area contributed by atoms with Crippen LogP contribution in [0.5, 0.6) is 0 Å². The van der Waals surface area contributed by atoms with Gasteiger partial charge in [0.25, 0.3) is 0 Å². The van der Waals surface area contributed by atoms with Crippen LogP contribution in [0.25, 0.3) is 10.9 Å². The minimum atomic E-state index is -0.279. The number of halogens is 1. The Kier molecular flexibility index (Phi) is 4.64. The average molecular weight is 394 g/mol. The minimum Gasteiger partial charge on any atom is -1.00 e. The first-order valence-corrected chi connectivity index (χ1v) is 9.90. The molecule has 1 fully saturated rings. The summed E-state index contributed by atoms with van der Waals surface area (Å²) >= 11 is 0. The molecule has 1 aliphatic heterocycles. The standard InChI is InChI=1S/C24H26N2O.ClH/c1-23(2)12-17(27)13-24(15-23)22-21(18-10-6-7-11-20(18)26-22)19(14-25-24)16-8-4-3-5-9-16;/h3-11,19,25-26H,12-15H2,1-2H3;1H/p-1. The number of hydrogen-bond acceptors (Lipinski definition) is 2. The Morgan fingerprint density at radius 2 is 1.68 bits per heavy atom. The van der Waals surface area contributed by atoms with Gasteiger partial charge in [-0.25, -0.2) is 0 Å². The van der Waals surface area contributed by atoms with Crippen molar-refractivity contribution in [2.24, 2.45) is 5.41 Å². The summed E-state index contributed by atoms with van der Waals surface area (Å²) in [5, 5.41) is 5.12. The van der Waals surface area contributed by atoms with Gasteiger partial charge in [0.2, 0.25) is 0 Å². The third-order valence-corrected chi connectivity index (χ3v) is 6.37. The number of aromatic amines is 1. The molecule has 1 aromatic heterocycles. The lowest BCUT2D eigenvalue weighted by molar-refractivity contribution is -0.126. The lowest BCUT2D eigenvalue weighted by atomic mass is 9.63. The number of carbonyl (C=O) groups excluding carboxylic acids is 1. The number of para-hydroxylation sites is 1. The van der Waals surface area contributed by atoms with Crippen molar-refractivity contribution in [3.05, 3.63) is 71.4 Å². The summed E-state index contributed by atoms with van der Waals surface area (Å²) in [6.07, 6.45) is 2.24.